The second kappa shape index (κ2) is 5.85. The minimum absolute atomic E-state index is 0.416. The second-order valence-corrected chi connectivity index (χ2v) is 6.72. The maximum atomic E-state index is 5.90. The van der Waals surface area contributed by atoms with Crippen molar-refractivity contribution in [1.82, 2.24) is 10.2 Å². The molecule has 0 bridgehead atoms. The van der Waals surface area contributed by atoms with Crippen LogP contribution in [0.15, 0.2) is 28.6 Å². The van der Waals surface area contributed by atoms with E-state index in [1.807, 2.05) is 19.1 Å². The Morgan fingerprint density at radius 3 is 2.53 bits per heavy atom. The third-order valence-electron chi connectivity index (χ3n) is 2.36. The van der Waals surface area contributed by atoms with Crippen molar-refractivity contribution in [3.05, 3.63) is 39.9 Å². The lowest BCUT2D eigenvalue weighted by molar-refractivity contribution is 0.888. The van der Waals surface area contributed by atoms with E-state index in [9.17, 15) is 0 Å². The molecule has 0 amide bonds. The van der Waals surface area contributed by atoms with Gasteiger partial charge in [0, 0.05) is 10.3 Å². The Hall–Kier alpha value is -0.580. The molecule has 2 rings (SSSR count). The van der Waals surface area contributed by atoms with Crippen LogP contribution in [0.5, 0.6) is 0 Å². The van der Waals surface area contributed by atoms with Crippen LogP contribution in [-0.4, -0.2) is 10.2 Å². The topological polar surface area (TPSA) is 25.8 Å². The number of hydrogen-bond acceptors (Lipinski definition) is 4. The normalized spacial score (nSPS) is 12.6. The fraction of sp³-hybridized carbons (Fsp3) is 0.333. The van der Waals surface area contributed by atoms with E-state index < -0.39 is 0 Å². The molecule has 0 fully saturated rings. The molecular weight excluding hydrogens is 272 g/mol. The van der Waals surface area contributed by atoms with Gasteiger partial charge in [-0.2, -0.15) is 0 Å². The molecule has 1 aromatic carbocycles. The lowest BCUT2D eigenvalue weighted by Gasteiger charge is -2.12. The Bertz CT molecular complexity index is 482. The molecule has 17 heavy (non-hydrogen) atoms. The SMILES string of the molecule is CCC(Sc1nnc(C)s1)c1ccc(Cl)cc1. The number of aryl methyl sites for hydroxylation is 1. The van der Waals surface area contributed by atoms with Gasteiger partial charge in [0.05, 0.1) is 0 Å². The van der Waals surface area contributed by atoms with Gasteiger partial charge in [-0.1, -0.05) is 53.8 Å². The van der Waals surface area contributed by atoms with Crippen LogP contribution in [0.2, 0.25) is 5.02 Å². The van der Waals surface area contributed by atoms with E-state index in [0.717, 1.165) is 20.8 Å². The van der Waals surface area contributed by atoms with E-state index in [2.05, 4.69) is 29.3 Å². The average Bonchev–Trinajstić information content (AvgIpc) is 2.73. The largest absolute Gasteiger partial charge is 0.174 e. The fourth-order valence-electron chi connectivity index (χ4n) is 1.51. The van der Waals surface area contributed by atoms with Crippen molar-refractivity contribution in [3.8, 4) is 0 Å². The zero-order valence-electron chi connectivity index (χ0n) is 9.68. The number of halogens is 1. The number of benzene rings is 1. The van der Waals surface area contributed by atoms with Gasteiger partial charge in [0.1, 0.15) is 5.01 Å². The summed E-state index contributed by atoms with van der Waals surface area (Å²) in [6.07, 6.45) is 1.06. The van der Waals surface area contributed by atoms with Crippen LogP contribution in [0.4, 0.5) is 0 Å². The third kappa shape index (κ3) is 3.44. The Labute approximate surface area is 114 Å². The van der Waals surface area contributed by atoms with Crippen molar-refractivity contribution < 1.29 is 0 Å². The first-order valence-electron chi connectivity index (χ1n) is 5.41. The van der Waals surface area contributed by atoms with E-state index in [0.29, 0.717) is 5.25 Å². The first kappa shape index (κ1) is 12.9. The summed E-state index contributed by atoms with van der Waals surface area (Å²) in [7, 11) is 0. The van der Waals surface area contributed by atoms with Crippen LogP contribution in [0.3, 0.4) is 0 Å². The second-order valence-electron chi connectivity index (χ2n) is 3.65. The highest BCUT2D eigenvalue weighted by atomic mass is 35.5. The van der Waals surface area contributed by atoms with E-state index in [1.165, 1.54) is 5.56 Å². The van der Waals surface area contributed by atoms with Crippen molar-refractivity contribution in [1.29, 1.82) is 0 Å². The lowest BCUT2D eigenvalue weighted by Crippen LogP contribution is -1.91. The highest BCUT2D eigenvalue weighted by Gasteiger charge is 2.13. The standard InChI is InChI=1S/C12H13ClN2S2/c1-3-11(9-4-6-10(13)7-5-9)17-12-15-14-8(2)16-12/h4-7,11H,3H2,1-2H3. The predicted octanol–water partition coefficient (Wildman–Crippen LogP) is 4.74. The summed E-state index contributed by atoms with van der Waals surface area (Å²) in [4.78, 5) is 0. The maximum Gasteiger partial charge on any atom is 0.174 e. The molecule has 0 saturated heterocycles. The van der Waals surface area contributed by atoms with Gasteiger partial charge in [-0.25, -0.2) is 0 Å². The third-order valence-corrected chi connectivity index (χ3v) is 4.96. The summed E-state index contributed by atoms with van der Waals surface area (Å²) in [5.41, 5.74) is 1.29. The molecule has 0 saturated carbocycles. The number of hydrogen-bond donors (Lipinski definition) is 0. The van der Waals surface area contributed by atoms with Crippen molar-refractivity contribution in [2.75, 3.05) is 0 Å². The predicted molar refractivity (Wildman–Crippen MR) is 75.0 cm³/mol. The van der Waals surface area contributed by atoms with Gasteiger partial charge in [0.15, 0.2) is 4.34 Å². The zero-order chi connectivity index (χ0) is 12.3. The minimum Gasteiger partial charge on any atom is -0.143 e. The number of thioether (sulfide) groups is 1. The van der Waals surface area contributed by atoms with Gasteiger partial charge in [-0.15, -0.1) is 10.2 Å². The van der Waals surface area contributed by atoms with E-state index in [4.69, 9.17) is 11.6 Å². The molecular formula is C12H13ClN2S2. The molecule has 2 nitrogen and oxygen atoms in total. The maximum absolute atomic E-state index is 5.90. The van der Waals surface area contributed by atoms with Crippen molar-refractivity contribution >= 4 is 34.7 Å². The highest BCUT2D eigenvalue weighted by molar-refractivity contribution is 8.01. The molecule has 90 valence electrons. The monoisotopic (exact) mass is 284 g/mol. The molecule has 1 unspecified atom stereocenters. The molecule has 0 aliphatic heterocycles. The van der Waals surface area contributed by atoms with Crippen LogP contribution >= 0.6 is 34.7 Å². The quantitative estimate of drug-likeness (QED) is 0.758. The van der Waals surface area contributed by atoms with E-state index >= 15 is 0 Å². The molecule has 0 aliphatic rings. The van der Waals surface area contributed by atoms with Gasteiger partial charge < -0.3 is 0 Å². The van der Waals surface area contributed by atoms with Crippen molar-refractivity contribution in [3.63, 3.8) is 0 Å². The first-order chi connectivity index (χ1) is 8.19. The summed E-state index contributed by atoms with van der Waals surface area (Å²) in [5.74, 6) is 0. The van der Waals surface area contributed by atoms with E-state index in [-0.39, 0.29) is 0 Å². The molecule has 5 heteroatoms. The number of aromatic nitrogens is 2. The van der Waals surface area contributed by atoms with Gasteiger partial charge in [-0.3, -0.25) is 0 Å². The molecule has 0 N–H and O–H groups in total. The molecule has 1 aromatic heterocycles. The van der Waals surface area contributed by atoms with Crippen LogP contribution in [-0.2, 0) is 0 Å². The van der Waals surface area contributed by atoms with Crippen LogP contribution < -0.4 is 0 Å². The lowest BCUT2D eigenvalue weighted by atomic mass is 10.1. The summed E-state index contributed by atoms with van der Waals surface area (Å²) in [6, 6.07) is 8.03. The van der Waals surface area contributed by atoms with Gasteiger partial charge in [0.25, 0.3) is 0 Å². The fourth-order valence-corrected chi connectivity index (χ4v) is 3.75. The minimum atomic E-state index is 0.416. The van der Waals surface area contributed by atoms with Crippen LogP contribution in [0, 0.1) is 6.92 Å². The van der Waals surface area contributed by atoms with Crippen LogP contribution in [0.25, 0.3) is 0 Å². The summed E-state index contributed by atoms with van der Waals surface area (Å²) in [6.45, 7) is 4.16. The summed E-state index contributed by atoms with van der Waals surface area (Å²) < 4.78 is 1.03. The highest BCUT2D eigenvalue weighted by Crippen LogP contribution is 2.38. The zero-order valence-corrected chi connectivity index (χ0v) is 12.1. The van der Waals surface area contributed by atoms with E-state index in [1.54, 1.807) is 23.1 Å². The van der Waals surface area contributed by atoms with Crippen molar-refractivity contribution in [2.24, 2.45) is 0 Å². The molecule has 0 aliphatic carbocycles. The Balaban J connectivity index is 2.13. The Morgan fingerprint density at radius 2 is 2.00 bits per heavy atom. The Morgan fingerprint density at radius 1 is 1.29 bits per heavy atom. The molecule has 1 heterocycles. The smallest absolute Gasteiger partial charge is 0.143 e. The van der Waals surface area contributed by atoms with Crippen LogP contribution in [0.1, 0.15) is 29.2 Å². The van der Waals surface area contributed by atoms with Crippen molar-refractivity contribution in [2.45, 2.75) is 29.9 Å². The van der Waals surface area contributed by atoms with Gasteiger partial charge >= 0.3 is 0 Å². The molecule has 2 aromatic rings. The molecule has 0 spiro atoms. The number of rotatable bonds is 4. The summed E-state index contributed by atoms with van der Waals surface area (Å²) >= 11 is 9.31. The van der Waals surface area contributed by atoms with Gasteiger partial charge in [0.2, 0.25) is 0 Å². The first-order valence-corrected chi connectivity index (χ1v) is 7.48. The molecule has 0 radical (unpaired) electrons. The average molecular weight is 285 g/mol. The molecule has 1 atom stereocenters. The summed E-state index contributed by atoms with van der Waals surface area (Å²) in [5, 5.41) is 10.4. The number of nitrogens with zero attached hydrogens (tertiary/aromatic N) is 2. The Kier molecular flexibility index (Phi) is 4.42. The van der Waals surface area contributed by atoms with Gasteiger partial charge in [-0.05, 0) is 31.0 Å².